The maximum atomic E-state index is 13.0. The fourth-order valence-electron chi connectivity index (χ4n) is 3.63. The molecule has 28 heavy (non-hydrogen) atoms. The van der Waals surface area contributed by atoms with Crippen molar-refractivity contribution in [1.29, 1.82) is 0 Å². The molecule has 7 nitrogen and oxygen atoms in total. The third kappa shape index (κ3) is 4.47. The summed E-state index contributed by atoms with van der Waals surface area (Å²) >= 11 is 0. The Morgan fingerprint density at radius 2 is 2.04 bits per heavy atom. The van der Waals surface area contributed by atoms with Crippen molar-refractivity contribution in [2.45, 2.75) is 57.6 Å². The van der Waals surface area contributed by atoms with E-state index < -0.39 is 6.10 Å². The molecule has 0 saturated carbocycles. The normalized spacial score (nSPS) is 18.2. The number of piperidine rings is 1. The molecule has 0 aliphatic carbocycles. The molecule has 2 aromatic rings. The van der Waals surface area contributed by atoms with E-state index in [4.69, 9.17) is 4.74 Å². The van der Waals surface area contributed by atoms with Gasteiger partial charge in [-0.2, -0.15) is 0 Å². The number of rotatable bonds is 6. The van der Waals surface area contributed by atoms with Gasteiger partial charge >= 0.3 is 0 Å². The largest absolute Gasteiger partial charge is 0.496 e. The van der Waals surface area contributed by atoms with E-state index in [1.165, 1.54) is 0 Å². The summed E-state index contributed by atoms with van der Waals surface area (Å²) in [6.07, 6.45) is 8.72. The minimum Gasteiger partial charge on any atom is -0.496 e. The second-order valence-electron chi connectivity index (χ2n) is 7.49. The molecule has 0 spiro atoms. The molecular formula is C21H28N4O3. The number of aliphatic hydroxyl groups excluding tert-OH is 1. The zero-order valence-electron chi connectivity index (χ0n) is 16.7. The Morgan fingerprint density at radius 1 is 1.29 bits per heavy atom. The predicted molar refractivity (Wildman–Crippen MR) is 105 cm³/mol. The first-order valence-electron chi connectivity index (χ1n) is 9.77. The Kier molecular flexibility index (Phi) is 6.57. The first-order valence-corrected chi connectivity index (χ1v) is 9.77. The third-order valence-electron chi connectivity index (χ3n) is 5.18. The van der Waals surface area contributed by atoms with Crippen LogP contribution >= 0.6 is 0 Å². The highest BCUT2D eigenvalue weighted by Gasteiger charge is 2.34. The molecule has 1 aliphatic rings. The molecular weight excluding hydrogens is 356 g/mol. The lowest BCUT2D eigenvalue weighted by atomic mass is 9.92. The maximum Gasteiger partial charge on any atom is 0.227 e. The summed E-state index contributed by atoms with van der Waals surface area (Å²) in [7, 11) is 1.57. The van der Waals surface area contributed by atoms with Gasteiger partial charge in [-0.1, -0.05) is 13.8 Å². The van der Waals surface area contributed by atoms with Gasteiger partial charge in [-0.15, -0.1) is 0 Å². The molecule has 1 amide bonds. The van der Waals surface area contributed by atoms with E-state index in [1.807, 2.05) is 13.8 Å². The second kappa shape index (κ2) is 9.10. The average Bonchev–Trinajstić information content (AvgIpc) is 2.73. The number of carbonyl (C=O) groups excluding carboxylic acids is 1. The number of methoxy groups -OCH3 is 1. The van der Waals surface area contributed by atoms with Gasteiger partial charge in [-0.3, -0.25) is 9.78 Å². The van der Waals surface area contributed by atoms with Gasteiger partial charge in [0, 0.05) is 42.8 Å². The lowest BCUT2D eigenvalue weighted by Gasteiger charge is -2.39. The monoisotopic (exact) mass is 384 g/mol. The summed E-state index contributed by atoms with van der Waals surface area (Å²) in [5.74, 6) is 1.58. The van der Waals surface area contributed by atoms with Gasteiger partial charge in [-0.05, 0) is 30.9 Å². The Bertz CT molecular complexity index is 794. The van der Waals surface area contributed by atoms with Crippen LogP contribution in [0.5, 0.6) is 5.75 Å². The van der Waals surface area contributed by atoms with E-state index in [2.05, 4.69) is 15.0 Å². The number of aromatic nitrogens is 3. The highest BCUT2D eigenvalue weighted by molar-refractivity contribution is 5.79. The van der Waals surface area contributed by atoms with Crippen LogP contribution in [0.25, 0.3) is 0 Å². The van der Waals surface area contributed by atoms with Gasteiger partial charge in [0.15, 0.2) is 0 Å². The van der Waals surface area contributed by atoms with E-state index >= 15 is 0 Å². The Balaban J connectivity index is 1.75. The molecule has 2 atom stereocenters. The van der Waals surface area contributed by atoms with Crippen molar-refractivity contribution in [2.75, 3.05) is 13.7 Å². The fraction of sp³-hybridized carbons (Fsp3) is 0.524. The van der Waals surface area contributed by atoms with Crippen molar-refractivity contribution in [2.24, 2.45) is 0 Å². The first kappa shape index (κ1) is 20.2. The van der Waals surface area contributed by atoms with Crippen molar-refractivity contribution < 1.29 is 14.6 Å². The lowest BCUT2D eigenvalue weighted by Crippen LogP contribution is -2.47. The zero-order chi connectivity index (χ0) is 20.1. The summed E-state index contributed by atoms with van der Waals surface area (Å²) in [5, 5.41) is 11.0. The average molecular weight is 384 g/mol. The number of nitrogens with zero attached hydrogens (tertiary/aromatic N) is 4. The Morgan fingerprint density at radius 3 is 2.71 bits per heavy atom. The van der Waals surface area contributed by atoms with Crippen LogP contribution in [0.2, 0.25) is 0 Å². The third-order valence-corrected chi connectivity index (χ3v) is 5.18. The molecule has 3 heterocycles. The molecule has 7 heteroatoms. The molecule has 0 bridgehead atoms. The van der Waals surface area contributed by atoms with Crippen LogP contribution in [0.3, 0.4) is 0 Å². The SMILES string of the molecule is COc1ccncc1C(O)C1CCCCN1C(=O)Cc1cnc(C(C)C)nc1. The molecule has 2 unspecified atom stereocenters. The van der Waals surface area contributed by atoms with Crippen molar-refractivity contribution in [3.63, 3.8) is 0 Å². The molecule has 0 aromatic carbocycles. The maximum absolute atomic E-state index is 13.0. The smallest absolute Gasteiger partial charge is 0.227 e. The second-order valence-corrected chi connectivity index (χ2v) is 7.49. The van der Waals surface area contributed by atoms with E-state index in [-0.39, 0.29) is 24.3 Å². The minimum absolute atomic E-state index is 0.0208. The highest BCUT2D eigenvalue weighted by Crippen LogP contribution is 2.33. The zero-order valence-corrected chi connectivity index (χ0v) is 16.7. The molecule has 1 saturated heterocycles. The van der Waals surface area contributed by atoms with Gasteiger partial charge in [0.25, 0.3) is 0 Å². The number of pyridine rings is 1. The van der Waals surface area contributed by atoms with Gasteiger partial charge in [0.2, 0.25) is 5.91 Å². The van der Waals surface area contributed by atoms with Crippen LogP contribution in [-0.4, -0.2) is 50.6 Å². The molecule has 0 radical (unpaired) electrons. The van der Waals surface area contributed by atoms with E-state index in [0.717, 1.165) is 30.7 Å². The van der Waals surface area contributed by atoms with E-state index in [9.17, 15) is 9.90 Å². The minimum atomic E-state index is -0.840. The van der Waals surface area contributed by atoms with E-state index in [1.54, 1.807) is 42.9 Å². The molecule has 150 valence electrons. The van der Waals surface area contributed by atoms with Gasteiger partial charge in [0.05, 0.1) is 19.6 Å². The van der Waals surface area contributed by atoms with Crippen LogP contribution < -0.4 is 4.74 Å². The summed E-state index contributed by atoms with van der Waals surface area (Å²) in [6, 6.07) is 1.43. The molecule has 1 N–H and O–H groups in total. The number of hydrogen-bond acceptors (Lipinski definition) is 6. The van der Waals surface area contributed by atoms with Crippen LogP contribution in [0, 0.1) is 0 Å². The van der Waals surface area contributed by atoms with Gasteiger partial charge in [0.1, 0.15) is 17.7 Å². The van der Waals surface area contributed by atoms with Crippen molar-refractivity contribution in [1.82, 2.24) is 19.9 Å². The predicted octanol–water partition coefficient (Wildman–Crippen LogP) is 2.66. The quantitative estimate of drug-likeness (QED) is 0.824. The topological polar surface area (TPSA) is 88.4 Å². The van der Waals surface area contributed by atoms with Crippen LogP contribution in [0.1, 0.15) is 62.1 Å². The number of hydrogen-bond donors (Lipinski definition) is 1. The summed E-state index contributed by atoms with van der Waals surface area (Å²) in [5.41, 5.74) is 1.39. The molecule has 3 rings (SSSR count). The van der Waals surface area contributed by atoms with Crippen LogP contribution in [0.15, 0.2) is 30.9 Å². The number of ether oxygens (including phenoxy) is 1. The highest BCUT2D eigenvalue weighted by atomic mass is 16.5. The van der Waals surface area contributed by atoms with Gasteiger partial charge in [-0.25, -0.2) is 9.97 Å². The van der Waals surface area contributed by atoms with Crippen LogP contribution in [0.4, 0.5) is 0 Å². The summed E-state index contributed by atoms with van der Waals surface area (Å²) in [6.45, 7) is 4.70. The first-order chi connectivity index (χ1) is 13.5. The number of amides is 1. The molecule has 2 aromatic heterocycles. The fourth-order valence-corrected chi connectivity index (χ4v) is 3.63. The lowest BCUT2D eigenvalue weighted by molar-refractivity contribution is -0.137. The number of likely N-dealkylation sites (tertiary alicyclic amines) is 1. The summed E-state index contributed by atoms with van der Waals surface area (Å²) < 4.78 is 5.36. The van der Waals surface area contributed by atoms with Crippen molar-refractivity contribution in [3.8, 4) is 5.75 Å². The van der Waals surface area contributed by atoms with Crippen LogP contribution in [-0.2, 0) is 11.2 Å². The molecule has 1 aliphatic heterocycles. The summed E-state index contributed by atoms with van der Waals surface area (Å²) in [4.78, 5) is 27.6. The van der Waals surface area contributed by atoms with Crippen molar-refractivity contribution in [3.05, 3.63) is 47.8 Å². The Hall–Kier alpha value is -2.54. The Labute approximate surface area is 165 Å². The standard InChI is InChI=1S/C21H28N4O3/c1-14(2)21-23-11-15(12-24-21)10-19(26)25-9-5-4-6-17(25)20(27)16-13-22-8-7-18(16)28-3/h7-8,11-14,17,20,27H,4-6,9-10H2,1-3H3. The number of aliphatic hydroxyl groups is 1. The molecule has 1 fully saturated rings. The van der Waals surface area contributed by atoms with E-state index in [0.29, 0.717) is 17.9 Å². The van der Waals surface area contributed by atoms with Crippen molar-refractivity contribution >= 4 is 5.91 Å². The number of carbonyl (C=O) groups is 1. The van der Waals surface area contributed by atoms with Gasteiger partial charge < -0.3 is 14.7 Å².